The summed E-state index contributed by atoms with van der Waals surface area (Å²) in [5.41, 5.74) is 6.35. The third-order valence-corrected chi connectivity index (χ3v) is 9.31. The lowest BCUT2D eigenvalue weighted by atomic mass is 9.66. The van der Waals surface area contributed by atoms with Gasteiger partial charge in [-0.2, -0.15) is 0 Å². The van der Waals surface area contributed by atoms with E-state index in [2.05, 4.69) is 37.4 Å². The molecule has 8 heteroatoms. The van der Waals surface area contributed by atoms with E-state index in [4.69, 9.17) is 28.4 Å². The standard InChI is InChI=1S/C45H50O8/c1-11-29-39(50-15-5)35(25-37(48-13-3)41(29)52-43(46)27(7)8)45(33-23-19-17-21-31(33)32-22-18-20-24-34(32)45)36-26-38(49-14-4)42(53-44(47)28(9)10)30(12-2)40(36)51-16-6/h17-26H,7,9,11-16H2,1-6,8,10H3. The summed E-state index contributed by atoms with van der Waals surface area (Å²) in [5.74, 6) is 1.37. The summed E-state index contributed by atoms with van der Waals surface area (Å²) in [7, 11) is 0. The molecule has 0 saturated carbocycles. The summed E-state index contributed by atoms with van der Waals surface area (Å²) < 4.78 is 38.1. The summed E-state index contributed by atoms with van der Waals surface area (Å²) in [4.78, 5) is 26.2. The fourth-order valence-electron chi connectivity index (χ4n) is 7.24. The van der Waals surface area contributed by atoms with E-state index in [1.807, 2.05) is 77.9 Å². The van der Waals surface area contributed by atoms with Gasteiger partial charge in [-0.25, -0.2) is 9.59 Å². The molecule has 0 aromatic heterocycles. The lowest BCUT2D eigenvalue weighted by Gasteiger charge is -2.38. The molecule has 4 aromatic rings. The Balaban J connectivity index is 2.08. The first kappa shape index (κ1) is 38.7. The van der Waals surface area contributed by atoms with Crippen LogP contribution in [0, 0.1) is 0 Å². The van der Waals surface area contributed by atoms with Crippen LogP contribution in [0.15, 0.2) is 85.0 Å². The van der Waals surface area contributed by atoms with Crippen molar-refractivity contribution in [1.82, 2.24) is 0 Å². The first-order valence-corrected chi connectivity index (χ1v) is 18.4. The summed E-state index contributed by atoms with van der Waals surface area (Å²) in [6, 6.07) is 20.5. The van der Waals surface area contributed by atoms with E-state index in [1.165, 1.54) is 0 Å². The number of esters is 2. The predicted octanol–water partition coefficient (Wildman–Crippen LogP) is 9.73. The van der Waals surface area contributed by atoms with Crippen molar-refractivity contribution in [2.45, 2.75) is 73.6 Å². The number of hydrogen-bond acceptors (Lipinski definition) is 8. The molecule has 0 unspecified atom stereocenters. The van der Waals surface area contributed by atoms with Gasteiger partial charge >= 0.3 is 11.9 Å². The molecule has 0 bridgehead atoms. The highest BCUT2D eigenvalue weighted by Gasteiger charge is 2.51. The summed E-state index contributed by atoms with van der Waals surface area (Å²) in [5, 5.41) is 0. The average Bonchev–Trinajstić information content (AvgIpc) is 3.44. The zero-order chi connectivity index (χ0) is 38.4. The highest BCUT2D eigenvalue weighted by atomic mass is 16.6. The van der Waals surface area contributed by atoms with Gasteiger partial charge in [0.05, 0.1) is 31.8 Å². The molecule has 8 nitrogen and oxygen atoms in total. The monoisotopic (exact) mass is 718 g/mol. The molecule has 278 valence electrons. The van der Waals surface area contributed by atoms with Crippen LogP contribution in [0.3, 0.4) is 0 Å². The van der Waals surface area contributed by atoms with Crippen LogP contribution in [-0.4, -0.2) is 38.4 Å². The van der Waals surface area contributed by atoms with Crippen molar-refractivity contribution in [3.8, 4) is 45.6 Å². The molecule has 0 heterocycles. The summed E-state index contributed by atoms with van der Waals surface area (Å²) in [6.45, 7) is 23.8. The van der Waals surface area contributed by atoms with Crippen LogP contribution in [-0.2, 0) is 27.8 Å². The molecule has 1 aliphatic carbocycles. The zero-order valence-electron chi connectivity index (χ0n) is 32.2. The molecule has 0 spiro atoms. The van der Waals surface area contributed by atoms with Crippen molar-refractivity contribution in [3.63, 3.8) is 0 Å². The van der Waals surface area contributed by atoms with Crippen molar-refractivity contribution < 1.29 is 38.0 Å². The second-order valence-electron chi connectivity index (χ2n) is 12.7. The van der Waals surface area contributed by atoms with E-state index in [-0.39, 0.29) is 11.1 Å². The number of carbonyl (C=O) groups excluding carboxylic acids is 2. The normalized spacial score (nSPS) is 12.3. The van der Waals surface area contributed by atoms with E-state index >= 15 is 0 Å². The maximum atomic E-state index is 13.1. The second kappa shape index (κ2) is 16.4. The van der Waals surface area contributed by atoms with E-state index in [0.717, 1.165) is 33.4 Å². The second-order valence-corrected chi connectivity index (χ2v) is 12.7. The molecule has 0 saturated heterocycles. The van der Waals surface area contributed by atoms with Crippen LogP contribution in [0.25, 0.3) is 11.1 Å². The third kappa shape index (κ3) is 6.78. The molecular formula is C45H50O8. The molecule has 0 amide bonds. The summed E-state index contributed by atoms with van der Waals surface area (Å²) in [6.07, 6.45) is 0.917. The van der Waals surface area contributed by atoms with E-state index < -0.39 is 17.4 Å². The number of benzene rings is 4. The number of hydrogen-bond donors (Lipinski definition) is 0. The average molecular weight is 719 g/mol. The van der Waals surface area contributed by atoms with Crippen molar-refractivity contribution >= 4 is 11.9 Å². The summed E-state index contributed by atoms with van der Waals surface area (Å²) >= 11 is 0. The van der Waals surface area contributed by atoms with Gasteiger partial charge in [0.1, 0.15) is 11.5 Å². The third-order valence-electron chi connectivity index (χ3n) is 9.31. The number of carbonyl (C=O) groups is 2. The lowest BCUT2D eigenvalue weighted by molar-refractivity contribution is -0.131. The van der Waals surface area contributed by atoms with Gasteiger partial charge in [0.2, 0.25) is 0 Å². The largest absolute Gasteiger partial charge is 0.493 e. The van der Waals surface area contributed by atoms with E-state index in [0.29, 0.717) is 84.9 Å². The predicted molar refractivity (Wildman–Crippen MR) is 208 cm³/mol. The Morgan fingerprint density at radius 2 is 0.887 bits per heavy atom. The van der Waals surface area contributed by atoms with Gasteiger partial charge in [-0.15, -0.1) is 0 Å². The fourth-order valence-corrected chi connectivity index (χ4v) is 7.24. The molecule has 4 aromatic carbocycles. The minimum Gasteiger partial charge on any atom is -0.493 e. The van der Waals surface area contributed by atoms with Crippen LogP contribution >= 0.6 is 0 Å². The van der Waals surface area contributed by atoms with Gasteiger partial charge in [0, 0.05) is 33.4 Å². The molecule has 1 aliphatic rings. The lowest BCUT2D eigenvalue weighted by Crippen LogP contribution is -2.31. The minimum absolute atomic E-state index is 0.260. The van der Waals surface area contributed by atoms with Crippen LogP contribution in [0.4, 0.5) is 0 Å². The van der Waals surface area contributed by atoms with Gasteiger partial charge in [0.25, 0.3) is 0 Å². The maximum Gasteiger partial charge on any atom is 0.338 e. The Labute approximate surface area is 313 Å². The van der Waals surface area contributed by atoms with Gasteiger partial charge in [-0.1, -0.05) is 75.5 Å². The van der Waals surface area contributed by atoms with Crippen LogP contribution in [0.1, 0.15) is 88.8 Å². The Morgan fingerprint density at radius 1 is 0.528 bits per heavy atom. The highest BCUT2D eigenvalue weighted by Crippen LogP contribution is 2.63. The maximum absolute atomic E-state index is 13.1. The molecule has 0 N–H and O–H groups in total. The number of rotatable bonds is 16. The Morgan fingerprint density at radius 3 is 1.21 bits per heavy atom. The Kier molecular flexibility index (Phi) is 12.0. The first-order chi connectivity index (χ1) is 25.5. The van der Waals surface area contributed by atoms with Crippen molar-refractivity contribution in [1.29, 1.82) is 0 Å². The zero-order valence-corrected chi connectivity index (χ0v) is 32.2. The quantitative estimate of drug-likeness (QED) is 0.0566. The van der Waals surface area contributed by atoms with Crippen molar-refractivity contribution in [3.05, 3.63) is 118 Å². The minimum atomic E-state index is -1.10. The Bertz CT molecular complexity index is 1910. The molecule has 0 aliphatic heterocycles. The van der Waals surface area contributed by atoms with Crippen molar-refractivity contribution in [2.75, 3.05) is 26.4 Å². The molecule has 5 rings (SSSR count). The topological polar surface area (TPSA) is 89.5 Å². The van der Waals surface area contributed by atoms with Gasteiger partial charge in [-0.05, 0) is 88.8 Å². The smallest absolute Gasteiger partial charge is 0.338 e. The molecular weight excluding hydrogens is 668 g/mol. The molecule has 0 fully saturated rings. The Hall–Kier alpha value is -5.50. The fraction of sp³-hybridized carbons (Fsp3) is 0.333. The van der Waals surface area contributed by atoms with Gasteiger partial charge in [-0.3, -0.25) is 0 Å². The van der Waals surface area contributed by atoms with Crippen LogP contribution in [0.2, 0.25) is 0 Å². The number of ether oxygens (including phenoxy) is 6. The molecule has 53 heavy (non-hydrogen) atoms. The number of fused-ring (bicyclic) bond motifs is 3. The van der Waals surface area contributed by atoms with Crippen LogP contribution in [0.5, 0.6) is 34.5 Å². The van der Waals surface area contributed by atoms with Gasteiger partial charge < -0.3 is 28.4 Å². The first-order valence-electron chi connectivity index (χ1n) is 18.4. The molecule has 0 atom stereocenters. The van der Waals surface area contributed by atoms with Gasteiger partial charge in [0.15, 0.2) is 23.0 Å². The van der Waals surface area contributed by atoms with E-state index in [9.17, 15) is 9.59 Å². The van der Waals surface area contributed by atoms with Crippen LogP contribution < -0.4 is 28.4 Å². The van der Waals surface area contributed by atoms with Crippen molar-refractivity contribution in [2.24, 2.45) is 0 Å². The highest BCUT2D eigenvalue weighted by molar-refractivity contribution is 5.92. The molecule has 0 radical (unpaired) electrons. The SMILES string of the molecule is C=C(C)C(=O)Oc1c(OCC)cc(C2(c3cc(OCC)c(OC(=O)C(=C)C)c(CC)c3OCC)c3ccccc3-c3ccccc32)c(OCC)c1CC. The van der Waals surface area contributed by atoms with E-state index in [1.54, 1.807) is 13.8 Å².